The molecule has 0 bridgehead atoms. The van der Waals surface area contributed by atoms with Gasteiger partial charge >= 0.3 is 36.7 Å². The van der Waals surface area contributed by atoms with Crippen LogP contribution in [0.4, 0.5) is 81.0 Å². The molecule has 8 heterocycles. The van der Waals surface area contributed by atoms with Crippen LogP contribution in [0.25, 0.3) is 0 Å². The van der Waals surface area contributed by atoms with Crippen LogP contribution >= 0.6 is 11.6 Å². The van der Waals surface area contributed by atoms with Gasteiger partial charge in [-0.05, 0) is 203 Å². The number of anilines is 4. The number of alkyl halides is 10. The molecule has 9 amide bonds. The van der Waals surface area contributed by atoms with Crippen molar-refractivity contribution in [2.75, 3.05) is 126 Å². The molecule has 0 radical (unpaired) electrons. The summed E-state index contributed by atoms with van der Waals surface area (Å²) in [6, 6.07) is 66.9. The molecular weight excluding hydrogens is 1830 g/mol. The average molecular weight is 1950 g/mol. The number of rotatable bonds is 23. The molecular formula is C104H116ClF10N13O11. The SMILES string of the molecule is CC(F)(F)c1cc(NC(=O)CN2CCC(Cc3ccccc3)CC2)cc(C(F)(F)F)c1.CCCN1CCC(NC(=O)Nc2cccc(Cl)c2)CC1.O=C(Cc1cccc(C(F)(F)F)c1)N1CCN(Cc2ccccc2)CC1.O=C(Nc1ccc2c(c1)OC(F)(F)O2)NC1CCN(C(=O)c2ccccc2)CC1.O=C(Nc1ccc2c(c1)OCCO2)N(Cc1ccco1)C1CCN(Cc2ccccc2)CC1. The maximum Gasteiger partial charge on any atom is 0.586 e. The molecule has 0 aliphatic carbocycles. The number of carbonyl (C=O) groups is 6. The lowest BCUT2D eigenvalue weighted by molar-refractivity contribution is -0.286. The number of amides is 9. The zero-order chi connectivity index (χ0) is 98.5. The number of halogens is 11. The van der Waals surface area contributed by atoms with E-state index in [0.717, 1.165) is 133 Å². The molecule has 7 aliphatic heterocycles. The smallest absolute Gasteiger partial charge is 0.486 e. The van der Waals surface area contributed by atoms with Gasteiger partial charge in [0.05, 0.1) is 36.9 Å². The Hall–Kier alpha value is -12.9. The van der Waals surface area contributed by atoms with E-state index < -0.39 is 53.2 Å². The minimum atomic E-state index is -4.79. The van der Waals surface area contributed by atoms with Crippen molar-refractivity contribution in [1.82, 2.24) is 44.9 Å². The predicted octanol–water partition coefficient (Wildman–Crippen LogP) is 20.8. The van der Waals surface area contributed by atoms with Crippen LogP contribution < -0.4 is 50.8 Å². The van der Waals surface area contributed by atoms with E-state index in [2.05, 4.69) is 112 Å². The molecule has 35 heteroatoms. The fourth-order valence-electron chi connectivity index (χ4n) is 17.3. The van der Waals surface area contributed by atoms with E-state index in [4.69, 9.17) is 25.5 Å². The topological polar surface area (TPSA) is 247 Å². The van der Waals surface area contributed by atoms with Crippen LogP contribution in [0.2, 0.25) is 5.02 Å². The molecule has 24 nitrogen and oxygen atoms in total. The molecule has 0 saturated carbocycles. The lowest BCUT2D eigenvalue weighted by Crippen LogP contribution is -2.48. The number of urea groups is 3. The molecule has 1 aromatic heterocycles. The van der Waals surface area contributed by atoms with Crippen LogP contribution in [0.15, 0.2) is 247 Å². The van der Waals surface area contributed by atoms with Crippen molar-refractivity contribution in [3.63, 3.8) is 0 Å². The van der Waals surface area contributed by atoms with E-state index >= 15 is 0 Å². The third-order valence-electron chi connectivity index (χ3n) is 24.6. The summed E-state index contributed by atoms with van der Waals surface area (Å²) in [5.74, 6) is -1.69. The molecule has 6 N–H and O–H groups in total. The molecule has 7 aliphatic rings. The number of likely N-dealkylation sites (tertiary alicyclic amines) is 4. The molecule has 9 aromatic carbocycles. The maximum absolute atomic E-state index is 13.6. The number of benzene rings is 9. The maximum atomic E-state index is 13.6. The summed E-state index contributed by atoms with van der Waals surface area (Å²) in [4.78, 5) is 89.3. The highest BCUT2D eigenvalue weighted by atomic mass is 35.5. The zero-order valence-electron chi connectivity index (χ0n) is 77.4. The first-order valence-electron chi connectivity index (χ1n) is 46.7. The number of piperazine rings is 1. The normalized spacial score (nSPS) is 16.6. The van der Waals surface area contributed by atoms with Crippen molar-refractivity contribution in [2.45, 2.75) is 147 Å². The number of nitrogens with zero attached hydrogens (tertiary/aromatic N) is 7. The Morgan fingerprint density at radius 3 is 1.55 bits per heavy atom. The average Bonchev–Trinajstić information content (AvgIpc) is 1.79. The Labute approximate surface area is 807 Å². The van der Waals surface area contributed by atoms with Gasteiger partial charge in [0.2, 0.25) is 11.8 Å². The van der Waals surface area contributed by atoms with E-state index in [9.17, 15) is 72.7 Å². The van der Waals surface area contributed by atoms with Crippen molar-refractivity contribution in [1.29, 1.82) is 0 Å². The van der Waals surface area contributed by atoms with Gasteiger partial charge in [-0.3, -0.25) is 29.1 Å². The van der Waals surface area contributed by atoms with Gasteiger partial charge < -0.3 is 74.9 Å². The van der Waals surface area contributed by atoms with Gasteiger partial charge in [0.1, 0.15) is 19.0 Å². The first-order chi connectivity index (χ1) is 66.7. The molecule has 0 spiro atoms. The number of nitrogens with one attached hydrogen (secondary N) is 6. The Bertz CT molecular complexity index is 5570. The Morgan fingerprint density at radius 2 is 0.964 bits per heavy atom. The highest BCUT2D eigenvalue weighted by Gasteiger charge is 2.44. The molecule has 17 rings (SSSR count). The summed E-state index contributed by atoms with van der Waals surface area (Å²) in [5.41, 5.74) is 3.57. The van der Waals surface area contributed by atoms with Gasteiger partial charge in [-0.25, -0.2) is 23.2 Å². The molecule has 0 atom stereocenters. The number of fused-ring (bicyclic) bond motifs is 2. The van der Waals surface area contributed by atoms with Gasteiger partial charge in [0.15, 0.2) is 23.0 Å². The highest BCUT2D eigenvalue weighted by Crippen LogP contribution is 2.43. The lowest BCUT2D eigenvalue weighted by atomic mass is 9.90. The number of piperidine rings is 4. The Balaban J connectivity index is 0.000000148. The minimum absolute atomic E-state index is 0.00258. The highest BCUT2D eigenvalue weighted by molar-refractivity contribution is 6.30. The predicted molar refractivity (Wildman–Crippen MR) is 511 cm³/mol. The summed E-state index contributed by atoms with van der Waals surface area (Å²) >= 11 is 5.89. The minimum Gasteiger partial charge on any atom is -0.486 e. The first kappa shape index (κ1) is 103. The van der Waals surface area contributed by atoms with Gasteiger partial charge in [-0.1, -0.05) is 152 Å². The molecule has 5 saturated heterocycles. The zero-order valence-corrected chi connectivity index (χ0v) is 78.2. The van der Waals surface area contributed by atoms with Crippen LogP contribution in [0.1, 0.15) is 127 Å². The number of ether oxygens (including phenoxy) is 4. The number of furan rings is 1. The van der Waals surface area contributed by atoms with Crippen LogP contribution in [0, 0.1) is 5.92 Å². The van der Waals surface area contributed by atoms with Crippen LogP contribution in [0.5, 0.6) is 23.0 Å². The quantitative estimate of drug-likeness (QED) is 0.0326. The van der Waals surface area contributed by atoms with Crippen LogP contribution in [0.3, 0.4) is 0 Å². The third-order valence-corrected chi connectivity index (χ3v) is 24.9. The van der Waals surface area contributed by atoms with Crippen molar-refractivity contribution >= 4 is 70.2 Å². The lowest BCUT2D eigenvalue weighted by Gasteiger charge is -2.38. The second-order valence-corrected chi connectivity index (χ2v) is 35.7. The summed E-state index contributed by atoms with van der Waals surface area (Å²) in [6.07, 6.45) is -2.12. The first-order valence-corrected chi connectivity index (χ1v) is 47.1. The van der Waals surface area contributed by atoms with Crippen molar-refractivity contribution in [3.05, 3.63) is 298 Å². The fourth-order valence-corrected chi connectivity index (χ4v) is 17.5. The second-order valence-electron chi connectivity index (χ2n) is 35.2. The Morgan fingerprint density at radius 1 is 0.446 bits per heavy atom. The summed E-state index contributed by atoms with van der Waals surface area (Å²) in [6.45, 7) is 16.4. The van der Waals surface area contributed by atoms with Crippen molar-refractivity contribution in [3.8, 4) is 23.0 Å². The van der Waals surface area contributed by atoms with Gasteiger partial charge in [-0.2, -0.15) is 26.3 Å². The number of carbonyl (C=O) groups excluding carboxylic acids is 6. The fraction of sp³-hybridized carbons (Fsp3) is 0.385. The summed E-state index contributed by atoms with van der Waals surface area (Å²) < 4.78 is 156. The molecule has 0 unspecified atom stereocenters. The standard InChI is InChI=1S/C26H29N3O4.C23H25F5N2O.C20H21F3N2O.C20H19F2N3O4.C15H22ClN3O/c30-26(27-21-8-9-24-25(17-21)33-16-15-32-24)29(19-23-7-4-14-31-23)22-10-12-28(13-11-22)18-20-5-2-1-3-6-20;1-22(24,25)18-12-19(23(26,27)28)14-20(13-18)29-21(31)15-30-9-7-17(8-10-30)11-16-5-3-2-4-6-16;21-20(22,23)18-8-4-7-17(13-18)14-19(26)25-11-9-24(10-12-25)15-16-5-2-1-3-6-16;21-20(22)28-16-7-6-15(12-17(16)29-20)24-19(27)23-14-8-10-25(11-9-14)18(26)13-4-2-1-3-5-13;1-2-8-19-9-6-13(7-10-19)17-15(20)18-14-5-3-4-12(16)11-14/h1-9,14,17,22H,10-13,15-16,18-19H2,(H,27,30);2-6,12-14,17H,7-11,15H2,1H3,(H,29,31);1-8,13H,9-12,14-15H2;1-7,12,14H,8-11H2,(H2,23,24,27);3-5,11,13H,2,6-10H2,1H3,(H2,17,18,20). The Kier molecular flexibility index (Phi) is 36.9. The van der Waals surface area contributed by atoms with Gasteiger partial charge in [0, 0.05) is 155 Å². The van der Waals surface area contributed by atoms with E-state index in [0.29, 0.717) is 136 Å². The number of hydrogen-bond donors (Lipinski definition) is 6. The van der Waals surface area contributed by atoms with E-state index in [1.165, 1.54) is 47.4 Å². The monoisotopic (exact) mass is 1950 g/mol. The van der Waals surface area contributed by atoms with Crippen LogP contribution in [-0.2, 0) is 60.3 Å². The van der Waals surface area contributed by atoms with Crippen molar-refractivity contribution in [2.24, 2.45) is 5.92 Å². The number of hydrogen-bond acceptors (Lipinski definition) is 15. The molecule has 10 aromatic rings. The van der Waals surface area contributed by atoms with Gasteiger partial charge in [-0.15, -0.1) is 8.78 Å². The second kappa shape index (κ2) is 49.6. The largest absolute Gasteiger partial charge is 0.586 e. The van der Waals surface area contributed by atoms with E-state index in [1.54, 1.807) is 46.4 Å². The van der Waals surface area contributed by atoms with E-state index in [1.807, 2.05) is 113 Å². The summed E-state index contributed by atoms with van der Waals surface area (Å²) in [7, 11) is 0. The molecule has 5 fully saturated rings. The van der Waals surface area contributed by atoms with Crippen LogP contribution in [-0.4, -0.2) is 199 Å². The molecule has 740 valence electrons. The third kappa shape index (κ3) is 32.9. The van der Waals surface area contributed by atoms with Crippen molar-refractivity contribution < 1.29 is 96.0 Å². The molecule has 139 heavy (non-hydrogen) atoms. The van der Waals surface area contributed by atoms with Gasteiger partial charge in [0.25, 0.3) is 11.8 Å². The van der Waals surface area contributed by atoms with E-state index in [-0.39, 0.29) is 72.2 Å². The summed E-state index contributed by atoms with van der Waals surface area (Å²) in [5, 5.41) is 17.3.